The molecule has 0 aliphatic rings. The third kappa shape index (κ3) is 4.29. The van der Waals surface area contributed by atoms with Crippen molar-refractivity contribution in [3.05, 3.63) is 34.9 Å². The van der Waals surface area contributed by atoms with Gasteiger partial charge in [0.1, 0.15) is 0 Å². The van der Waals surface area contributed by atoms with Crippen LogP contribution in [-0.2, 0) is 0 Å². The molecule has 1 rings (SSSR count). The van der Waals surface area contributed by atoms with Crippen molar-refractivity contribution in [1.82, 2.24) is 0 Å². The van der Waals surface area contributed by atoms with Crippen molar-refractivity contribution in [2.24, 2.45) is 11.5 Å². The van der Waals surface area contributed by atoms with Crippen molar-refractivity contribution >= 4 is 24.0 Å². The standard InChI is InChI=1S/C10H15ClN2.ClH/c11-9-5-3-8(4-6-9)10(13)2-1-7-12;/h3-6,10H,1-2,7,12-13H2;1H/t10-;/m1./s1. The summed E-state index contributed by atoms with van der Waals surface area (Å²) in [5.74, 6) is 0. The van der Waals surface area contributed by atoms with Gasteiger partial charge >= 0.3 is 0 Å². The fourth-order valence-corrected chi connectivity index (χ4v) is 1.34. The number of halogens is 2. The van der Waals surface area contributed by atoms with Crippen molar-refractivity contribution in [3.63, 3.8) is 0 Å². The fraction of sp³-hybridized carbons (Fsp3) is 0.400. The normalized spacial score (nSPS) is 11.9. The summed E-state index contributed by atoms with van der Waals surface area (Å²) in [6.07, 6.45) is 1.89. The molecule has 0 saturated carbocycles. The average molecular weight is 235 g/mol. The minimum absolute atomic E-state index is 0. The molecule has 1 aromatic carbocycles. The molecule has 2 nitrogen and oxygen atoms in total. The topological polar surface area (TPSA) is 52.0 Å². The van der Waals surface area contributed by atoms with E-state index in [0.29, 0.717) is 6.54 Å². The van der Waals surface area contributed by atoms with Gasteiger partial charge in [0.2, 0.25) is 0 Å². The van der Waals surface area contributed by atoms with E-state index in [-0.39, 0.29) is 18.4 Å². The number of benzene rings is 1. The predicted molar refractivity (Wildman–Crippen MR) is 63.9 cm³/mol. The Bertz CT molecular complexity index is 249. The van der Waals surface area contributed by atoms with Crippen LogP contribution >= 0.6 is 24.0 Å². The smallest absolute Gasteiger partial charge is 0.0406 e. The monoisotopic (exact) mass is 234 g/mol. The Balaban J connectivity index is 0.00000169. The molecular formula is C10H16Cl2N2. The Morgan fingerprint density at radius 2 is 1.79 bits per heavy atom. The average Bonchev–Trinajstić information content (AvgIpc) is 2.15. The molecule has 0 aliphatic carbocycles. The molecule has 1 atom stereocenters. The summed E-state index contributed by atoms with van der Waals surface area (Å²) in [5.41, 5.74) is 12.5. The molecule has 0 fully saturated rings. The van der Waals surface area contributed by atoms with Crippen LogP contribution in [0.1, 0.15) is 24.4 Å². The van der Waals surface area contributed by atoms with Crippen molar-refractivity contribution in [2.75, 3.05) is 6.54 Å². The maximum Gasteiger partial charge on any atom is 0.0406 e. The lowest BCUT2D eigenvalue weighted by Crippen LogP contribution is -2.12. The maximum absolute atomic E-state index is 5.93. The highest BCUT2D eigenvalue weighted by atomic mass is 35.5. The van der Waals surface area contributed by atoms with Crippen LogP contribution in [0.5, 0.6) is 0 Å². The zero-order chi connectivity index (χ0) is 9.68. The van der Waals surface area contributed by atoms with Crippen molar-refractivity contribution < 1.29 is 0 Å². The van der Waals surface area contributed by atoms with Crippen LogP contribution in [0.25, 0.3) is 0 Å². The Morgan fingerprint density at radius 1 is 1.21 bits per heavy atom. The zero-order valence-corrected chi connectivity index (χ0v) is 9.52. The van der Waals surface area contributed by atoms with Gasteiger partial charge in [0.15, 0.2) is 0 Å². The fourth-order valence-electron chi connectivity index (χ4n) is 1.21. The largest absolute Gasteiger partial charge is 0.330 e. The lowest BCUT2D eigenvalue weighted by Gasteiger charge is -2.10. The SMILES string of the molecule is Cl.NCCC[C@@H](N)c1ccc(Cl)cc1. The zero-order valence-electron chi connectivity index (χ0n) is 7.95. The van der Waals surface area contributed by atoms with Crippen molar-refractivity contribution in [2.45, 2.75) is 18.9 Å². The second-order valence-corrected chi connectivity index (χ2v) is 3.53. The Kier molecular flexibility index (Phi) is 6.93. The van der Waals surface area contributed by atoms with E-state index < -0.39 is 0 Å². The second-order valence-electron chi connectivity index (χ2n) is 3.09. The van der Waals surface area contributed by atoms with E-state index in [2.05, 4.69) is 0 Å². The van der Waals surface area contributed by atoms with Gasteiger partial charge in [0.05, 0.1) is 0 Å². The van der Waals surface area contributed by atoms with E-state index in [9.17, 15) is 0 Å². The van der Waals surface area contributed by atoms with Gasteiger partial charge in [-0.3, -0.25) is 0 Å². The first-order valence-corrected chi connectivity index (χ1v) is 4.83. The Morgan fingerprint density at radius 3 is 2.29 bits per heavy atom. The molecule has 0 unspecified atom stereocenters. The van der Waals surface area contributed by atoms with Gasteiger partial charge in [-0.25, -0.2) is 0 Å². The molecular weight excluding hydrogens is 219 g/mol. The molecule has 4 heteroatoms. The van der Waals surface area contributed by atoms with Gasteiger partial charge in [0.25, 0.3) is 0 Å². The number of hydrogen-bond donors (Lipinski definition) is 2. The predicted octanol–water partition coefficient (Wildman–Crippen LogP) is 2.50. The van der Waals surface area contributed by atoms with Gasteiger partial charge in [-0.15, -0.1) is 12.4 Å². The van der Waals surface area contributed by atoms with Crippen LogP contribution in [0.4, 0.5) is 0 Å². The molecule has 0 heterocycles. The van der Waals surface area contributed by atoms with Crippen molar-refractivity contribution in [1.29, 1.82) is 0 Å². The Labute approximate surface area is 96.0 Å². The third-order valence-electron chi connectivity index (χ3n) is 2.02. The van der Waals surface area contributed by atoms with E-state index >= 15 is 0 Å². The van der Waals surface area contributed by atoms with Crippen LogP contribution in [-0.4, -0.2) is 6.54 Å². The first kappa shape index (κ1) is 13.7. The quantitative estimate of drug-likeness (QED) is 0.842. The number of hydrogen-bond acceptors (Lipinski definition) is 2. The van der Waals surface area contributed by atoms with E-state index in [4.69, 9.17) is 23.1 Å². The molecule has 0 spiro atoms. The van der Waals surface area contributed by atoms with Gasteiger partial charge < -0.3 is 11.5 Å². The first-order valence-electron chi connectivity index (χ1n) is 4.45. The molecule has 0 amide bonds. The summed E-state index contributed by atoms with van der Waals surface area (Å²) < 4.78 is 0. The lowest BCUT2D eigenvalue weighted by molar-refractivity contribution is 0.618. The summed E-state index contributed by atoms with van der Waals surface area (Å²) in [4.78, 5) is 0. The van der Waals surface area contributed by atoms with E-state index in [0.717, 1.165) is 23.4 Å². The first-order chi connectivity index (χ1) is 6.24. The maximum atomic E-state index is 5.93. The van der Waals surface area contributed by atoms with E-state index in [1.165, 1.54) is 0 Å². The molecule has 0 radical (unpaired) electrons. The van der Waals surface area contributed by atoms with E-state index in [1.54, 1.807) is 0 Å². The summed E-state index contributed by atoms with van der Waals surface area (Å²) in [6, 6.07) is 7.73. The highest BCUT2D eigenvalue weighted by molar-refractivity contribution is 6.30. The molecule has 4 N–H and O–H groups in total. The molecule has 0 aliphatic heterocycles. The molecule has 0 aromatic heterocycles. The van der Waals surface area contributed by atoms with Crippen LogP contribution in [0, 0.1) is 0 Å². The number of rotatable bonds is 4. The summed E-state index contributed by atoms with van der Waals surface area (Å²) in [7, 11) is 0. The minimum atomic E-state index is 0. The summed E-state index contributed by atoms with van der Waals surface area (Å²) in [6.45, 7) is 0.696. The van der Waals surface area contributed by atoms with Gasteiger partial charge in [-0.05, 0) is 37.1 Å². The van der Waals surface area contributed by atoms with Gasteiger partial charge in [-0.2, -0.15) is 0 Å². The van der Waals surface area contributed by atoms with E-state index in [1.807, 2.05) is 24.3 Å². The molecule has 0 saturated heterocycles. The third-order valence-corrected chi connectivity index (χ3v) is 2.27. The molecule has 1 aromatic rings. The molecule has 14 heavy (non-hydrogen) atoms. The van der Waals surface area contributed by atoms with Crippen LogP contribution in [0.15, 0.2) is 24.3 Å². The second kappa shape index (κ2) is 7.07. The van der Waals surface area contributed by atoms with Crippen LogP contribution < -0.4 is 11.5 Å². The Hall–Kier alpha value is -0.280. The number of nitrogens with two attached hydrogens (primary N) is 2. The highest BCUT2D eigenvalue weighted by Crippen LogP contribution is 2.17. The highest BCUT2D eigenvalue weighted by Gasteiger charge is 2.04. The molecule has 80 valence electrons. The van der Waals surface area contributed by atoms with Gasteiger partial charge in [0, 0.05) is 11.1 Å². The van der Waals surface area contributed by atoms with Gasteiger partial charge in [-0.1, -0.05) is 23.7 Å². The molecule has 0 bridgehead atoms. The minimum Gasteiger partial charge on any atom is -0.330 e. The van der Waals surface area contributed by atoms with Crippen LogP contribution in [0.3, 0.4) is 0 Å². The summed E-state index contributed by atoms with van der Waals surface area (Å²) in [5, 5.41) is 0.745. The van der Waals surface area contributed by atoms with Crippen molar-refractivity contribution in [3.8, 4) is 0 Å². The lowest BCUT2D eigenvalue weighted by atomic mass is 10.0. The van der Waals surface area contributed by atoms with Crippen LogP contribution in [0.2, 0.25) is 5.02 Å². The summed E-state index contributed by atoms with van der Waals surface area (Å²) >= 11 is 5.76.